The Morgan fingerprint density at radius 3 is 2.68 bits per heavy atom. The van der Waals surface area contributed by atoms with E-state index in [4.69, 9.17) is 9.73 Å². The first-order valence-corrected chi connectivity index (χ1v) is 11.0. The molecule has 1 aliphatic heterocycles. The number of nitrogens with one attached hydrogen (secondary N) is 2. The van der Waals surface area contributed by atoms with Gasteiger partial charge < -0.3 is 19.9 Å². The van der Waals surface area contributed by atoms with Crippen molar-refractivity contribution in [3.05, 3.63) is 12.2 Å². The summed E-state index contributed by atoms with van der Waals surface area (Å²) in [5.41, 5.74) is 0. The van der Waals surface area contributed by atoms with Gasteiger partial charge in [-0.05, 0) is 12.8 Å². The molecule has 0 saturated carbocycles. The Labute approximate surface area is 170 Å². The molecule has 0 atom stereocenters. The predicted octanol–water partition coefficient (Wildman–Crippen LogP) is 1.68. The van der Waals surface area contributed by atoms with Crippen LogP contribution in [0, 0.1) is 0 Å². The summed E-state index contributed by atoms with van der Waals surface area (Å²) in [6, 6.07) is 0. The molecule has 1 aliphatic rings. The Hall–Kier alpha value is -1.67. The summed E-state index contributed by atoms with van der Waals surface area (Å²) in [6.07, 6.45) is 8.81. The molecule has 160 valence electrons. The number of unbranched alkanes of at least 4 members (excludes halogenated alkanes) is 3. The summed E-state index contributed by atoms with van der Waals surface area (Å²) >= 11 is 0. The Morgan fingerprint density at radius 2 is 1.89 bits per heavy atom. The van der Waals surface area contributed by atoms with Crippen molar-refractivity contribution in [2.45, 2.75) is 58.9 Å². The highest BCUT2D eigenvalue weighted by Crippen LogP contribution is 1.99. The second-order valence-electron chi connectivity index (χ2n) is 7.25. The highest BCUT2D eigenvalue weighted by atomic mass is 16.5. The summed E-state index contributed by atoms with van der Waals surface area (Å²) in [5, 5.41) is 15.1. The van der Waals surface area contributed by atoms with Gasteiger partial charge in [0.1, 0.15) is 12.2 Å². The van der Waals surface area contributed by atoms with E-state index in [2.05, 4.69) is 44.1 Å². The number of aromatic nitrogens is 3. The highest BCUT2D eigenvalue weighted by molar-refractivity contribution is 5.79. The SMILES string of the molecule is CCCCCCNC(=NCCCN1CCOCC1)NCCn1cnnc1CC. The predicted molar refractivity (Wildman–Crippen MR) is 114 cm³/mol. The molecule has 2 heterocycles. The maximum absolute atomic E-state index is 5.41. The monoisotopic (exact) mass is 393 g/mol. The number of hydrogen-bond donors (Lipinski definition) is 2. The fraction of sp³-hybridized carbons (Fsp3) is 0.850. The van der Waals surface area contributed by atoms with Gasteiger partial charge in [-0.25, -0.2) is 0 Å². The van der Waals surface area contributed by atoms with Gasteiger partial charge >= 0.3 is 0 Å². The summed E-state index contributed by atoms with van der Waals surface area (Å²) in [6.45, 7) is 12.7. The van der Waals surface area contributed by atoms with E-state index >= 15 is 0 Å². The van der Waals surface area contributed by atoms with Crippen LogP contribution in [0.1, 0.15) is 51.8 Å². The van der Waals surface area contributed by atoms with Crippen molar-refractivity contribution in [3.63, 3.8) is 0 Å². The van der Waals surface area contributed by atoms with E-state index in [0.29, 0.717) is 0 Å². The van der Waals surface area contributed by atoms with Gasteiger partial charge in [0, 0.05) is 52.2 Å². The number of guanidine groups is 1. The third-order valence-electron chi connectivity index (χ3n) is 4.99. The van der Waals surface area contributed by atoms with Crippen molar-refractivity contribution in [2.24, 2.45) is 4.99 Å². The van der Waals surface area contributed by atoms with Gasteiger partial charge in [-0.1, -0.05) is 33.1 Å². The second kappa shape index (κ2) is 14.3. The van der Waals surface area contributed by atoms with Crippen molar-refractivity contribution < 1.29 is 4.74 Å². The lowest BCUT2D eigenvalue weighted by molar-refractivity contribution is 0.0377. The number of hydrogen-bond acceptors (Lipinski definition) is 5. The van der Waals surface area contributed by atoms with Gasteiger partial charge in [0.15, 0.2) is 5.96 Å². The number of nitrogens with zero attached hydrogens (tertiary/aromatic N) is 5. The minimum absolute atomic E-state index is 0.815. The molecule has 0 spiro atoms. The normalized spacial score (nSPS) is 15.7. The molecule has 2 rings (SSSR count). The third kappa shape index (κ3) is 9.01. The van der Waals surface area contributed by atoms with Crippen LogP contribution in [0.2, 0.25) is 0 Å². The first-order chi connectivity index (χ1) is 13.8. The maximum atomic E-state index is 5.41. The van der Waals surface area contributed by atoms with Crippen LogP contribution in [0.3, 0.4) is 0 Å². The van der Waals surface area contributed by atoms with E-state index in [1.165, 1.54) is 25.7 Å². The minimum atomic E-state index is 0.815. The largest absolute Gasteiger partial charge is 0.379 e. The molecule has 0 bridgehead atoms. The molecule has 0 unspecified atom stereocenters. The van der Waals surface area contributed by atoms with Crippen LogP contribution in [0.15, 0.2) is 11.3 Å². The van der Waals surface area contributed by atoms with Crippen molar-refractivity contribution in [2.75, 3.05) is 52.5 Å². The van der Waals surface area contributed by atoms with Gasteiger partial charge in [0.05, 0.1) is 13.2 Å². The van der Waals surface area contributed by atoms with Crippen molar-refractivity contribution in [1.29, 1.82) is 0 Å². The van der Waals surface area contributed by atoms with Crippen molar-refractivity contribution in [3.8, 4) is 0 Å². The molecule has 28 heavy (non-hydrogen) atoms. The van der Waals surface area contributed by atoms with Gasteiger partial charge in [-0.3, -0.25) is 9.89 Å². The van der Waals surface area contributed by atoms with Crippen LogP contribution in [-0.4, -0.2) is 78.1 Å². The van der Waals surface area contributed by atoms with Crippen LogP contribution < -0.4 is 10.6 Å². The van der Waals surface area contributed by atoms with Gasteiger partial charge in [-0.15, -0.1) is 10.2 Å². The van der Waals surface area contributed by atoms with Crippen LogP contribution >= 0.6 is 0 Å². The van der Waals surface area contributed by atoms with Crippen LogP contribution in [0.4, 0.5) is 0 Å². The Kier molecular flexibility index (Phi) is 11.6. The Bertz CT molecular complexity index is 540. The fourth-order valence-corrected chi connectivity index (χ4v) is 3.28. The smallest absolute Gasteiger partial charge is 0.191 e. The number of aryl methyl sites for hydroxylation is 1. The fourth-order valence-electron chi connectivity index (χ4n) is 3.28. The summed E-state index contributed by atoms with van der Waals surface area (Å²) in [4.78, 5) is 7.24. The Balaban J connectivity index is 1.72. The molecular weight excluding hydrogens is 354 g/mol. The highest BCUT2D eigenvalue weighted by Gasteiger charge is 2.09. The molecule has 1 saturated heterocycles. The summed E-state index contributed by atoms with van der Waals surface area (Å²) in [7, 11) is 0. The first-order valence-electron chi connectivity index (χ1n) is 11.0. The van der Waals surface area contributed by atoms with Crippen molar-refractivity contribution in [1.82, 2.24) is 30.3 Å². The van der Waals surface area contributed by atoms with Crippen LogP contribution in [0.25, 0.3) is 0 Å². The molecule has 1 fully saturated rings. The quantitative estimate of drug-likeness (QED) is 0.302. The summed E-state index contributed by atoms with van der Waals surface area (Å²) < 4.78 is 7.51. The molecule has 0 radical (unpaired) electrons. The molecule has 0 amide bonds. The average molecular weight is 394 g/mol. The zero-order valence-electron chi connectivity index (χ0n) is 17.8. The van der Waals surface area contributed by atoms with Crippen LogP contribution in [-0.2, 0) is 17.7 Å². The summed E-state index contributed by atoms with van der Waals surface area (Å²) in [5.74, 6) is 1.95. The molecule has 1 aromatic rings. The molecule has 8 nitrogen and oxygen atoms in total. The molecule has 1 aromatic heterocycles. The molecule has 0 aromatic carbocycles. The topological polar surface area (TPSA) is 79.6 Å². The second-order valence-corrected chi connectivity index (χ2v) is 7.25. The molecule has 0 aliphatic carbocycles. The van der Waals surface area contributed by atoms with Gasteiger partial charge in [0.2, 0.25) is 0 Å². The number of aliphatic imine (C=N–C) groups is 1. The van der Waals surface area contributed by atoms with Crippen LogP contribution in [0.5, 0.6) is 0 Å². The number of morpholine rings is 1. The van der Waals surface area contributed by atoms with E-state index in [1.807, 2.05) is 0 Å². The zero-order valence-corrected chi connectivity index (χ0v) is 17.8. The standard InChI is InChI=1S/C20H39N7O/c1-3-5-6-7-9-21-20(22-10-8-12-26-14-16-28-17-15-26)23-11-13-27-18-24-25-19(27)4-2/h18H,3-17H2,1-2H3,(H2,21,22,23). The zero-order chi connectivity index (χ0) is 19.9. The lowest BCUT2D eigenvalue weighted by Gasteiger charge is -2.26. The minimum Gasteiger partial charge on any atom is -0.379 e. The van der Waals surface area contributed by atoms with E-state index < -0.39 is 0 Å². The van der Waals surface area contributed by atoms with Crippen molar-refractivity contribution >= 4 is 5.96 Å². The number of rotatable bonds is 13. The molecule has 2 N–H and O–H groups in total. The molecule has 8 heteroatoms. The lowest BCUT2D eigenvalue weighted by Crippen LogP contribution is -2.40. The molecular formula is C20H39N7O. The Morgan fingerprint density at radius 1 is 1.07 bits per heavy atom. The van der Waals surface area contributed by atoms with E-state index in [1.54, 1.807) is 6.33 Å². The van der Waals surface area contributed by atoms with Gasteiger partial charge in [0.25, 0.3) is 0 Å². The van der Waals surface area contributed by atoms with E-state index in [9.17, 15) is 0 Å². The first kappa shape index (κ1) is 22.6. The van der Waals surface area contributed by atoms with E-state index in [0.717, 1.165) is 83.7 Å². The number of ether oxygens (including phenoxy) is 1. The maximum Gasteiger partial charge on any atom is 0.191 e. The lowest BCUT2D eigenvalue weighted by atomic mass is 10.2. The van der Waals surface area contributed by atoms with E-state index in [-0.39, 0.29) is 0 Å². The third-order valence-corrected chi connectivity index (χ3v) is 4.99. The average Bonchev–Trinajstić information content (AvgIpc) is 3.18. The van der Waals surface area contributed by atoms with Gasteiger partial charge in [-0.2, -0.15) is 0 Å².